The summed E-state index contributed by atoms with van der Waals surface area (Å²) in [5.74, 6) is 0.0428. The first-order valence-electron chi connectivity index (χ1n) is 13.1. The van der Waals surface area contributed by atoms with Gasteiger partial charge < -0.3 is 31.8 Å². The van der Waals surface area contributed by atoms with Crippen molar-refractivity contribution in [3.8, 4) is 0 Å². The van der Waals surface area contributed by atoms with Gasteiger partial charge in [0.2, 0.25) is 0 Å². The van der Waals surface area contributed by atoms with E-state index in [4.69, 9.17) is 46.1 Å². The Morgan fingerprint density at radius 2 is 0.812 bits per heavy atom. The smallest absolute Gasteiger partial charge is 0.618 e. The maximum absolute atomic E-state index is 11.3. The summed E-state index contributed by atoms with van der Waals surface area (Å²) < 4.78 is 90.7. The first-order chi connectivity index (χ1) is 21.8. The van der Waals surface area contributed by atoms with E-state index >= 15 is 0 Å². The lowest BCUT2D eigenvalue weighted by molar-refractivity contribution is 0.202. The molecule has 0 aromatic heterocycles. The molecule has 0 unspecified atom stereocenters. The molecule has 0 aliphatic heterocycles. The van der Waals surface area contributed by atoms with Crippen molar-refractivity contribution in [1.82, 2.24) is 0 Å². The summed E-state index contributed by atoms with van der Waals surface area (Å²) in [5, 5.41) is 0. The molecule has 0 heterocycles. The summed E-state index contributed by atoms with van der Waals surface area (Å²) in [4.78, 5) is 56.4. The van der Waals surface area contributed by atoms with E-state index in [1.165, 1.54) is 21.1 Å². The van der Waals surface area contributed by atoms with Crippen LogP contribution in [-0.2, 0) is 61.8 Å². The van der Waals surface area contributed by atoms with Crippen LogP contribution >= 0.6 is 39.1 Å². The molecule has 48 heavy (non-hydrogen) atoms. The van der Waals surface area contributed by atoms with Crippen LogP contribution in [0.4, 0.5) is 0 Å². The van der Waals surface area contributed by atoms with Crippen molar-refractivity contribution in [3.63, 3.8) is 0 Å². The van der Waals surface area contributed by atoms with Crippen molar-refractivity contribution in [3.05, 3.63) is 12.3 Å². The minimum Gasteiger partial charge on any atom is -0.618 e. The second-order valence-electron chi connectivity index (χ2n) is 5.25. The van der Waals surface area contributed by atoms with Crippen molar-refractivity contribution in [2.24, 2.45) is 0 Å². The predicted molar refractivity (Wildman–Crippen MR) is 185 cm³/mol. The van der Waals surface area contributed by atoms with Crippen LogP contribution in [0.3, 0.4) is 0 Å². The molecular weight excluding hydrogens is 774 g/mol. The molecule has 0 fully saturated rings. The molecule has 300 valence electrons. The number of ketones is 1. The fourth-order valence-electron chi connectivity index (χ4n) is 0.595. The van der Waals surface area contributed by atoms with Crippen molar-refractivity contribution in [2.75, 3.05) is 56.9 Å². The molecule has 0 aromatic carbocycles. The average molecular weight is 837 g/mol. The molecule has 0 aliphatic carbocycles. The number of hydrogen-bond acceptors (Lipinski definition) is 14. The highest BCUT2D eigenvalue weighted by atomic mass is 31.2. The Kier molecular flexibility index (Phi) is 66.0. The topological polar surface area (TPSA) is 325 Å². The van der Waals surface area contributed by atoms with Crippen LogP contribution in [0.1, 0.15) is 62.3 Å². The van der Waals surface area contributed by atoms with E-state index in [0.29, 0.717) is 0 Å². The van der Waals surface area contributed by atoms with Gasteiger partial charge in [0, 0.05) is 42.7 Å². The Labute approximate surface area is 292 Å². The van der Waals surface area contributed by atoms with Crippen LogP contribution in [0.15, 0.2) is 12.3 Å². The zero-order valence-corrected chi connectivity index (χ0v) is 36.8. The lowest BCUT2D eigenvalue weighted by Crippen LogP contribution is -2.08. The van der Waals surface area contributed by atoms with Gasteiger partial charge in [0.1, 0.15) is 0 Å². The highest BCUT2D eigenvalue weighted by Gasteiger charge is 2.26. The molecule has 8 N–H and O–H groups in total. The minimum absolute atomic E-state index is 0.0502. The van der Waals surface area contributed by atoms with Gasteiger partial charge in [-0.2, -0.15) is 0 Å². The molecule has 0 radical (unpaired) electrons. The zero-order chi connectivity index (χ0) is 41.4. The average Bonchev–Trinajstić information content (AvgIpc) is 3.08. The van der Waals surface area contributed by atoms with Crippen LogP contribution in [0.25, 0.3) is 0 Å². The number of rotatable bonds is 13. The van der Waals surface area contributed by atoms with E-state index in [0.717, 1.165) is 42.7 Å². The number of phosphoric ester groups is 4. The minimum atomic E-state index is -4.15. The summed E-state index contributed by atoms with van der Waals surface area (Å²) in [6.07, 6.45) is 0. The fraction of sp³-hybridized carbons (Fsp3) is 0.850. The van der Waals surface area contributed by atoms with Crippen LogP contribution in [-0.4, -0.2) is 117 Å². The molecular formula is C20H62AlO22P5+2. The Bertz CT molecular complexity index is 856. The van der Waals surface area contributed by atoms with Crippen molar-refractivity contribution >= 4 is 60.8 Å². The second-order valence-corrected chi connectivity index (χ2v) is 14.5. The second kappa shape index (κ2) is 45.3. The largest absolute Gasteiger partial charge is 0.749 e. The highest BCUT2D eigenvalue weighted by Crippen LogP contribution is 2.47. The summed E-state index contributed by atoms with van der Waals surface area (Å²) >= 11 is -1.60. The predicted octanol–water partition coefficient (Wildman–Crippen LogP) is 5.02. The van der Waals surface area contributed by atoms with Gasteiger partial charge in [0.05, 0.1) is 21.1 Å². The normalized spacial score (nSPS) is 10.1. The Morgan fingerprint density at radius 3 is 0.917 bits per heavy atom. The van der Waals surface area contributed by atoms with Gasteiger partial charge in [0.25, 0.3) is 0 Å². The third-order valence-electron chi connectivity index (χ3n) is 2.71. The first-order valence-corrected chi connectivity index (χ1v) is 21.8. The summed E-state index contributed by atoms with van der Waals surface area (Å²) in [5.41, 5.74) is 0. The molecule has 0 aliphatic rings. The Hall–Kier alpha value is 0.292. The van der Waals surface area contributed by atoms with Crippen LogP contribution in [0.5, 0.6) is 0 Å². The molecule has 0 spiro atoms. The Balaban J connectivity index is -0.0000000557. The van der Waals surface area contributed by atoms with Gasteiger partial charge in [-0.3, -0.25) is 36.8 Å². The first kappa shape index (κ1) is 70.0. The van der Waals surface area contributed by atoms with E-state index in [1.807, 2.05) is 55.4 Å². The number of carbonyl (C=O) groups excluding carboxylic acids is 1. The van der Waals surface area contributed by atoms with Gasteiger partial charge in [-0.15, -0.1) is 0 Å². The molecule has 28 heteroatoms. The summed E-state index contributed by atoms with van der Waals surface area (Å²) in [6.45, 7) is 20.8. The maximum atomic E-state index is 11.3. The molecule has 0 saturated carbocycles. The molecule has 0 amide bonds. The molecule has 0 bridgehead atoms. The molecule has 0 atom stereocenters. The van der Waals surface area contributed by atoms with Gasteiger partial charge in [-0.1, -0.05) is 62.0 Å². The van der Waals surface area contributed by atoms with Crippen LogP contribution in [0.2, 0.25) is 0 Å². The van der Waals surface area contributed by atoms with E-state index in [9.17, 15) is 18.3 Å². The quantitative estimate of drug-likeness (QED) is 0.0466. The third kappa shape index (κ3) is 76.2. The SMILES string of the molecule is C=C([O][AlH][O]P(=O)(OC)OC)C(C)=[OH+].CC.CC.CC.CC.COP(=O)(O)O.COP(=O)(O)O.COP(=O)(O)OC.COP(O)(=[OH+])OC. The van der Waals surface area contributed by atoms with Crippen molar-refractivity contribution in [2.45, 2.75) is 62.3 Å². The number of phosphoric acid groups is 4. The van der Waals surface area contributed by atoms with Crippen molar-refractivity contribution < 1.29 is 101 Å². The van der Waals surface area contributed by atoms with E-state index < -0.39 is 55.0 Å². The third-order valence-corrected chi connectivity index (χ3v) is 8.58. The molecule has 0 aromatic rings. The van der Waals surface area contributed by atoms with Gasteiger partial charge in [-0.05, 0) is 0 Å². The molecule has 0 rings (SSSR count). The van der Waals surface area contributed by atoms with E-state index in [-0.39, 0.29) is 11.5 Å². The van der Waals surface area contributed by atoms with E-state index in [2.05, 4.69) is 42.8 Å². The van der Waals surface area contributed by atoms with Crippen LogP contribution in [0, 0.1) is 0 Å². The van der Waals surface area contributed by atoms with Crippen LogP contribution < -0.4 is 0 Å². The summed E-state index contributed by atoms with van der Waals surface area (Å²) in [7, 11) is -9.98. The van der Waals surface area contributed by atoms with Gasteiger partial charge >= 0.3 is 60.8 Å². The van der Waals surface area contributed by atoms with Gasteiger partial charge in [-0.25, -0.2) is 31.9 Å². The maximum Gasteiger partial charge on any atom is 0.749 e. The molecule has 0 saturated heterocycles. The van der Waals surface area contributed by atoms with E-state index in [1.54, 1.807) is 0 Å². The zero-order valence-electron chi connectivity index (χ0n) is 30.9. The van der Waals surface area contributed by atoms with Crippen molar-refractivity contribution in [1.29, 1.82) is 0 Å². The lowest BCUT2D eigenvalue weighted by Gasteiger charge is -2.13. The number of allylic oxidation sites excluding steroid dienone is 1. The fourth-order valence-corrected chi connectivity index (χ4v) is 2.96. The molecule has 22 nitrogen and oxygen atoms in total. The highest BCUT2D eigenvalue weighted by molar-refractivity contribution is 7.49. The summed E-state index contributed by atoms with van der Waals surface area (Å²) in [6, 6.07) is 0. The Morgan fingerprint density at radius 1 is 0.562 bits per heavy atom. The lowest BCUT2D eigenvalue weighted by atomic mass is 10.4. The monoisotopic (exact) mass is 836 g/mol. The number of hydrogen-bond donors (Lipinski definition) is 6. The standard InChI is InChI=1S/C4H6O2.3C2H7O4P.4C2H6.2CH5O4P.Al.H/c1-3(5)4(2)6;3*1-5-7(3,4)6-2;4*1-2;2*1-5-6(2,3)4;;/h5H,1H2,2H3;3*1-2H3,(H,3,4);4*1-2H3;2*1H3,(H2,2,3,4);;/q;;;;;;;;;;+2;. The van der Waals surface area contributed by atoms with Gasteiger partial charge in [0.15, 0.2) is 5.76 Å².